The van der Waals surface area contributed by atoms with Crippen molar-refractivity contribution in [3.8, 4) is 17.2 Å². The Morgan fingerprint density at radius 2 is 1.53 bits per heavy atom. The summed E-state index contributed by atoms with van der Waals surface area (Å²) in [4.78, 5) is 27.7. The fraction of sp³-hybridized carbons (Fsp3) is 0.343. The van der Waals surface area contributed by atoms with Gasteiger partial charge in [-0.25, -0.2) is 14.3 Å². The van der Waals surface area contributed by atoms with Crippen LogP contribution in [0.4, 0.5) is 26.8 Å². The van der Waals surface area contributed by atoms with E-state index in [0.717, 1.165) is 36.2 Å². The number of amides is 4. The summed E-state index contributed by atoms with van der Waals surface area (Å²) in [7, 11) is 0. The number of rotatable bonds is 6. The Labute approximate surface area is 263 Å². The van der Waals surface area contributed by atoms with Crippen molar-refractivity contribution >= 4 is 29.3 Å². The molecule has 1 saturated heterocycles. The number of likely N-dealkylation sites (tertiary alicyclic amines) is 1. The first-order valence-electron chi connectivity index (χ1n) is 15.4. The Kier molecular flexibility index (Phi) is 8.38. The van der Waals surface area contributed by atoms with E-state index in [1.54, 1.807) is 10.7 Å². The van der Waals surface area contributed by atoms with Gasteiger partial charge in [-0.1, -0.05) is 50.6 Å². The van der Waals surface area contributed by atoms with Crippen LogP contribution in [0.2, 0.25) is 0 Å². The van der Waals surface area contributed by atoms with Gasteiger partial charge in [0.15, 0.2) is 11.5 Å². The number of aryl methyl sites for hydroxylation is 1. The van der Waals surface area contributed by atoms with Gasteiger partial charge in [-0.15, -0.1) is 0 Å². The van der Waals surface area contributed by atoms with Gasteiger partial charge in [0.2, 0.25) is 6.79 Å². The first-order chi connectivity index (χ1) is 21.6. The number of nitrogens with zero attached hydrogens (tertiary/aromatic N) is 3. The predicted molar refractivity (Wildman–Crippen MR) is 176 cm³/mol. The van der Waals surface area contributed by atoms with Crippen LogP contribution >= 0.6 is 0 Å². The van der Waals surface area contributed by atoms with E-state index in [2.05, 4.69) is 48.9 Å². The van der Waals surface area contributed by atoms with Gasteiger partial charge in [-0.2, -0.15) is 5.10 Å². The molecule has 45 heavy (non-hydrogen) atoms. The maximum absolute atomic E-state index is 13.0. The van der Waals surface area contributed by atoms with Gasteiger partial charge < -0.3 is 25.0 Å². The fourth-order valence-corrected chi connectivity index (χ4v) is 5.57. The van der Waals surface area contributed by atoms with Crippen molar-refractivity contribution in [2.24, 2.45) is 5.92 Å². The molecule has 2 aliphatic heterocycles. The second-order valence-electron chi connectivity index (χ2n) is 12.8. The average molecular weight is 609 g/mol. The molecule has 0 unspecified atom stereocenters. The largest absolute Gasteiger partial charge is 0.454 e. The Bertz CT molecular complexity index is 1670. The van der Waals surface area contributed by atoms with E-state index in [1.165, 1.54) is 5.56 Å². The van der Waals surface area contributed by atoms with Crippen molar-refractivity contribution in [3.63, 3.8) is 0 Å². The maximum Gasteiger partial charge on any atom is 0.324 e. The SMILES string of the molecule is Cc1ccc(-n2nc(C(C)(C)C)cc2NC(=O)Nc2ccc(CC3CCN(C(=O)Nc4ccc5c(c4)OCO5)CC3)cc2)cc1. The molecule has 0 spiro atoms. The number of fused-ring (bicyclic) bond motifs is 1. The summed E-state index contributed by atoms with van der Waals surface area (Å²) >= 11 is 0. The Morgan fingerprint density at radius 3 is 2.24 bits per heavy atom. The first kappa shape index (κ1) is 30.1. The smallest absolute Gasteiger partial charge is 0.324 e. The third-order valence-corrected chi connectivity index (χ3v) is 8.26. The van der Waals surface area contributed by atoms with Crippen molar-refractivity contribution in [3.05, 3.63) is 89.6 Å². The fourth-order valence-electron chi connectivity index (χ4n) is 5.57. The van der Waals surface area contributed by atoms with Crippen LogP contribution < -0.4 is 25.4 Å². The molecule has 2 aliphatic rings. The number of hydrogen-bond donors (Lipinski definition) is 3. The van der Waals surface area contributed by atoms with Crippen LogP contribution in [-0.4, -0.2) is 46.6 Å². The van der Waals surface area contributed by atoms with E-state index < -0.39 is 0 Å². The summed E-state index contributed by atoms with van der Waals surface area (Å²) in [5, 5.41) is 13.7. The topological polar surface area (TPSA) is 110 Å². The molecule has 3 aromatic carbocycles. The second kappa shape index (κ2) is 12.6. The monoisotopic (exact) mass is 608 g/mol. The molecule has 1 fully saturated rings. The van der Waals surface area contributed by atoms with Gasteiger partial charge in [0.05, 0.1) is 11.4 Å². The highest BCUT2D eigenvalue weighted by Gasteiger charge is 2.24. The lowest BCUT2D eigenvalue weighted by Gasteiger charge is -2.32. The molecule has 234 valence electrons. The molecular formula is C35H40N6O4. The van der Waals surface area contributed by atoms with E-state index in [1.807, 2.05) is 66.4 Å². The standard InChI is InChI=1S/C35H40N6O4/c1-23-5-12-28(13-6-23)41-32(21-31(39-41)35(2,3)4)38-33(42)36-26-9-7-24(8-10-26)19-25-15-17-40(18-16-25)34(43)37-27-11-14-29-30(20-27)45-22-44-29/h5-14,20-21,25H,15-19,22H2,1-4H3,(H,37,43)(H2,36,38,42). The maximum atomic E-state index is 13.0. The molecular weight excluding hydrogens is 568 g/mol. The molecule has 6 rings (SSSR count). The number of anilines is 3. The van der Waals surface area contributed by atoms with E-state index in [9.17, 15) is 9.59 Å². The van der Waals surface area contributed by atoms with Crippen molar-refractivity contribution in [2.75, 3.05) is 35.8 Å². The summed E-state index contributed by atoms with van der Waals surface area (Å²) < 4.78 is 12.5. The first-order valence-corrected chi connectivity index (χ1v) is 15.4. The number of ether oxygens (including phenoxy) is 2. The predicted octanol–water partition coefficient (Wildman–Crippen LogP) is 7.34. The molecule has 4 amide bonds. The third-order valence-electron chi connectivity index (χ3n) is 8.26. The van der Waals surface area contributed by atoms with Crippen LogP contribution in [0.15, 0.2) is 72.8 Å². The molecule has 0 aliphatic carbocycles. The summed E-state index contributed by atoms with van der Waals surface area (Å²) in [6, 6.07) is 22.9. The van der Waals surface area contributed by atoms with Gasteiger partial charge in [0, 0.05) is 42.0 Å². The minimum Gasteiger partial charge on any atom is -0.454 e. The lowest BCUT2D eigenvalue weighted by molar-refractivity contribution is 0.174. The average Bonchev–Trinajstić information content (AvgIpc) is 3.66. The zero-order chi connectivity index (χ0) is 31.6. The van der Waals surface area contributed by atoms with Gasteiger partial charge in [-0.3, -0.25) is 5.32 Å². The lowest BCUT2D eigenvalue weighted by atomic mass is 9.90. The van der Waals surface area contributed by atoms with Crippen molar-refractivity contribution < 1.29 is 19.1 Å². The number of nitrogens with one attached hydrogen (secondary N) is 3. The number of carbonyl (C=O) groups excluding carboxylic acids is 2. The summed E-state index contributed by atoms with van der Waals surface area (Å²) in [5.41, 5.74) is 5.37. The highest BCUT2D eigenvalue weighted by Crippen LogP contribution is 2.34. The molecule has 0 atom stereocenters. The Morgan fingerprint density at radius 1 is 0.844 bits per heavy atom. The van der Waals surface area contributed by atoms with Crippen LogP contribution in [0.25, 0.3) is 5.69 Å². The van der Waals surface area contributed by atoms with E-state index in [0.29, 0.717) is 47.7 Å². The molecule has 0 bridgehead atoms. The lowest BCUT2D eigenvalue weighted by Crippen LogP contribution is -2.41. The van der Waals surface area contributed by atoms with Crippen molar-refractivity contribution in [1.82, 2.24) is 14.7 Å². The molecule has 10 heteroatoms. The summed E-state index contributed by atoms with van der Waals surface area (Å²) in [6.45, 7) is 9.96. The summed E-state index contributed by atoms with van der Waals surface area (Å²) in [6.07, 6.45) is 2.79. The van der Waals surface area contributed by atoms with Crippen molar-refractivity contribution in [2.45, 2.75) is 52.4 Å². The molecule has 0 saturated carbocycles. The molecule has 3 N–H and O–H groups in total. The normalized spacial score (nSPS) is 14.7. The van der Waals surface area contributed by atoms with Gasteiger partial charge in [0.25, 0.3) is 0 Å². The Hall–Kier alpha value is -4.99. The van der Waals surface area contributed by atoms with Crippen molar-refractivity contribution in [1.29, 1.82) is 0 Å². The Balaban J connectivity index is 1.00. The van der Waals surface area contributed by atoms with Crippen LogP contribution in [0.3, 0.4) is 0 Å². The second-order valence-corrected chi connectivity index (χ2v) is 12.8. The quantitative estimate of drug-likeness (QED) is 0.212. The minimum atomic E-state index is -0.331. The number of urea groups is 2. The number of benzene rings is 3. The molecule has 10 nitrogen and oxygen atoms in total. The van der Waals surface area contributed by atoms with Gasteiger partial charge in [-0.05, 0) is 74.1 Å². The van der Waals surface area contributed by atoms with Gasteiger partial charge in [0.1, 0.15) is 5.82 Å². The molecule has 1 aromatic heterocycles. The summed E-state index contributed by atoms with van der Waals surface area (Å²) in [5.74, 6) is 2.43. The van der Waals surface area contributed by atoms with Crippen LogP contribution in [0.5, 0.6) is 11.5 Å². The number of aromatic nitrogens is 2. The van der Waals surface area contributed by atoms with Gasteiger partial charge >= 0.3 is 12.1 Å². The number of carbonyl (C=O) groups is 2. The zero-order valence-corrected chi connectivity index (χ0v) is 26.2. The number of hydrogen-bond acceptors (Lipinski definition) is 5. The number of piperidine rings is 1. The zero-order valence-electron chi connectivity index (χ0n) is 26.2. The van der Waals surface area contributed by atoms with E-state index in [4.69, 9.17) is 14.6 Å². The van der Waals surface area contributed by atoms with E-state index in [-0.39, 0.29) is 24.3 Å². The van der Waals surface area contributed by atoms with E-state index >= 15 is 0 Å². The highest BCUT2D eigenvalue weighted by molar-refractivity contribution is 5.99. The van der Waals surface area contributed by atoms with Crippen LogP contribution in [0, 0.1) is 12.8 Å². The molecule has 3 heterocycles. The van der Waals surface area contributed by atoms with Crippen LogP contribution in [0.1, 0.15) is 50.4 Å². The molecule has 0 radical (unpaired) electrons. The minimum absolute atomic E-state index is 0.0995. The molecule has 4 aromatic rings. The third kappa shape index (κ3) is 7.22. The highest BCUT2D eigenvalue weighted by atomic mass is 16.7. The van der Waals surface area contributed by atoms with Crippen LogP contribution in [-0.2, 0) is 11.8 Å².